The molecule has 0 amide bonds. The van der Waals surface area contributed by atoms with Gasteiger partial charge >= 0.3 is 5.97 Å². The molecule has 0 unspecified atom stereocenters. The summed E-state index contributed by atoms with van der Waals surface area (Å²) in [7, 11) is 0. The number of rotatable bonds is 7. The molecule has 0 aromatic rings. The molecule has 0 bridgehead atoms. The van der Waals surface area contributed by atoms with Crippen LogP contribution in [-0.2, 0) is 28.5 Å². The van der Waals surface area contributed by atoms with Gasteiger partial charge in [0.25, 0.3) is 0 Å². The van der Waals surface area contributed by atoms with Crippen molar-refractivity contribution >= 4 is 5.97 Å². The van der Waals surface area contributed by atoms with Crippen LogP contribution in [0.2, 0.25) is 0 Å². The fraction of sp³-hybridized carbons (Fsp3) is 0.914. The van der Waals surface area contributed by atoms with Gasteiger partial charge in [-0.15, -0.1) is 0 Å². The molecule has 0 radical (unpaired) electrons. The zero-order valence-corrected chi connectivity index (χ0v) is 28.6. The van der Waals surface area contributed by atoms with Gasteiger partial charge in [-0.1, -0.05) is 13.8 Å². The number of aliphatic hydroxyl groups excluding tert-OH is 7. The lowest BCUT2D eigenvalue weighted by Crippen LogP contribution is -2.66. The van der Waals surface area contributed by atoms with Gasteiger partial charge in [0.1, 0.15) is 55.4 Å². The second-order valence-corrected chi connectivity index (χ2v) is 16.5. The number of carbonyl (C=O) groups excluding carboxylic acids is 1. The molecule has 6 fully saturated rings. The fourth-order valence-corrected chi connectivity index (χ4v) is 11.3. The highest BCUT2D eigenvalue weighted by molar-refractivity contribution is 5.86. The molecule has 3 aliphatic heterocycles. The van der Waals surface area contributed by atoms with Crippen molar-refractivity contribution < 1.29 is 74.4 Å². The molecule has 15 nitrogen and oxygen atoms in total. The molecule has 0 aromatic heterocycles. The fourth-order valence-electron chi connectivity index (χ4n) is 11.3. The van der Waals surface area contributed by atoms with E-state index in [1.54, 1.807) is 0 Å². The summed E-state index contributed by atoms with van der Waals surface area (Å²) in [4.78, 5) is 11.9. The Morgan fingerprint density at radius 2 is 1.44 bits per heavy atom. The van der Waals surface area contributed by atoms with Gasteiger partial charge in [-0.2, -0.15) is 0 Å². The summed E-state index contributed by atoms with van der Waals surface area (Å²) >= 11 is 0. The molecule has 15 heteroatoms. The molecule has 0 aromatic carbocycles. The third kappa shape index (κ3) is 5.45. The molecule has 50 heavy (non-hydrogen) atoms. The maximum absolute atomic E-state index is 12.5. The number of ether oxygens (including phenoxy) is 5. The Morgan fingerprint density at radius 1 is 0.760 bits per heavy atom. The largest absolute Gasteiger partial charge is 0.458 e. The van der Waals surface area contributed by atoms with Gasteiger partial charge in [-0.25, -0.2) is 4.79 Å². The van der Waals surface area contributed by atoms with E-state index in [0.717, 1.165) is 25.7 Å². The third-order valence-electron chi connectivity index (χ3n) is 14.4. The first-order valence-corrected chi connectivity index (χ1v) is 18.2. The topological polar surface area (TPSA) is 245 Å². The van der Waals surface area contributed by atoms with Gasteiger partial charge < -0.3 is 69.6 Å². The zero-order chi connectivity index (χ0) is 36.0. The Morgan fingerprint density at radius 3 is 2.12 bits per heavy atom. The third-order valence-corrected chi connectivity index (χ3v) is 14.4. The van der Waals surface area contributed by atoms with Crippen molar-refractivity contribution in [3.8, 4) is 0 Å². The van der Waals surface area contributed by atoms with E-state index in [2.05, 4.69) is 6.92 Å². The summed E-state index contributed by atoms with van der Waals surface area (Å²) in [6.45, 7) is 3.00. The minimum atomic E-state index is -1.75. The lowest BCUT2D eigenvalue weighted by Gasteiger charge is -2.64. The number of aliphatic hydroxyl groups is 9. The first-order chi connectivity index (χ1) is 23.6. The number of hydrogen-bond acceptors (Lipinski definition) is 15. The van der Waals surface area contributed by atoms with Crippen LogP contribution in [-0.4, -0.2) is 150 Å². The van der Waals surface area contributed by atoms with E-state index < -0.39 is 97.2 Å². The van der Waals surface area contributed by atoms with Gasteiger partial charge in [0, 0.05) is 17.1 Å². The maximum Gasteiger partial charge on any atom is 0.331 e. The minimum Gasteiger partial charge on any atom is -0.458 e. The molecule has 4 saturated carbocycles. The lowest BCUT2D eigenvalue weighted by molar-refractivity contribution is -0.364. The van der Waals surface area contributed by atoms with E-state index in [0.29, 0.717) is 37.7 Å². The highest BCUT2D eigenvalue weighted by Gasteiger charge is 2.72. The van der Waals surface area contributed by atoms with Crippen molar-refractivity contribution in [2.45, 2.75) is 150 Å². The molecule has 284 valence electrons. The molecule has 9 N–H and O–H groups in total. The van der Waals surface area contributed by atoms with E-state index in [4.69, 9.17) is 23.7 Å². The van der Waals surface area contributed by atoms with Crippen LogP contribution in [0, 0.1) is 28.6 Å². The summed E-state index contributed by atoms with van der Waals surface area (Å²) < 4.78 is 28.4. The average Bonchev–Trinajstić information content (AvgIpc) is 3.63. The zero-order valence-electron chi connectivity index (χ0n) is 28.6. The minimum absolute atomic E-state index is 0.0165. The van der Waals surface area contributed by atoms with Gasteiger partial charge in [0.05, 0.1) is 30.5 Å². The molecule has 18 atom stereocenters. The van der Waals surface area contributed by atoms with Crippen LogP contribution in [0.5, 0.6) is 0 Å². The van der Waals surface area contributed by atoms with E-state index in [1.807, 2.05) is 6.92 Å². The van der Waals surface area contributed by atoms with Gasteiger partial charge in [-0.3, -0.25) is 0 Å². The van der Waals surface area contributed by atoms with E-state index >= 15 is 0 Å². The van der Waals surface area contributed by atoms with Crippen LogP contribution in [0.3, 0.4) is 0 Å². The monoisotopic (exact) mass is 714 g/mol. The molecule has 3 heterocycles. The maximum atomic E-state index is 12.5. The van der Waals surface area contributed by atoms with Crippen molar-refractivity contribution in [1.29, 1.82) is 0 Å². The number of cyclic esters (lactones) is 1. The van der Waals surface area contributed by atoms with Crippen molar-refractivity contribution in [3.63, 3.8) is 0 Å². The Bertz CT molecular complexity index is 1310. The van der Waals surface area contributed by atoms with E-state index in [1.165, 1.54) is 6.08 Å². The molecule has 4 aliphatic carbocycles. The van der Waals surface area contributed by atoms with Crippen molar-refractivity contribution in [1.82, 2.24) is 0 Å². The van der Waals surface area contributed by atoms with Crippen LogP contribution >= 0.6 is 0 Å². The first kappa shape index (κ1) is 37.0. The Hall–Kier alpha value is -1.31. The molecule has 0 spiro atoms. The van der Waals surface area contributed by atoms with Crippen LogP contribution in [0.15, 0.2) is 11.6 Å². The smallest absolute Gasteiger partial charge is 0.331 e. The average molecular weight is 715 g/mol. The molecule has 7 rings (SSSR count). The second kappa shape index (κ2) is 13.2. The number of fused-ring (bicyclic) bond motifs is 5. The predicted molar refractivity (Wildman–Crippen MR) is 168 cm³/mol. The van der Waals surface area contributed by atoms with Crippen molar-refractivity contribution in [3.05, 3.63) is 11.6 Å². The van der Waals surface area contributed by atoms with Crippen LogP contribution in [0.1, 0.15) is 71.6 Å². The SMILES string of the molecule is C[C@]12CC[C@H](O[C@@H]3O[C@H](CO)[C@@H](O[C@@H]4O[C@H](CO)[C@@H](O)[C@H](O)[C@H]4O)[C@H](O)[C@H]3O)C[C@@H]1CC[C@@H]1[C@@H]2CC[C@]2(C)[C@@](O)(C3=CC(=O)OC3)CC[C@]12O. The first-order valence-electron chi connectivity index (χ1n) is 18.2. The number of carbonyl (C=O) groups is 1. The van der Waals surface area contributed by atoms with Crippen LogP contribution < -0.4 is 0 Å². The summed E-state index contributed by atoms with van der Waals surface area (Å²) in [5.74, 6) is -0.00417. The standard InChI is InChI=1S/C35H54O15/c1-32-7-5-18(47-30-28(43)26(41)29(22(14-37)49-30)50-31-27(42)25(40)24(39)21(13-36)48-31)11-16(32)3-4-20-19(32)6-8-33(2)34(44,9-10-35(20,33)45)17-12-23(38)46-15-17/h12,16,18-22,24-31,36-37,39-45H,3-11,13-15H2,1-2H3/t16-,18-,19-,20+,21+,22+,24+,25-,26+,27+,28+,29+,30+,31-,32-,33+,34-,35-/m0/s1. The number of hydrogen-bond donors (Lipinski definition) is 9. The lowest BCUT2D eigenvalue weighted by atomic mass is 9.42. The van der Waals surface area contributed by atoms with Gasteiger partial charge in [-0.05, 0) is 81.0 Å². The Labute approximate surface area is 290 Å². The quantitative estimate of drug-likeness (QED) is 0.106. The highest BCUT2D eigenvalue weighted by atomic mass is 16.7. The summed E-state index contributed by atoms with van der Waals surface area (Å²) in [6, 6.07) is 0. The predicted octanol–water partition coefficient (Wildman–Crippen LogP) is -1.63. The number of esters is 1. The molecular formula is C35H54O15. The van der Waals surface area contributed by atoms with Crippen molar-refractivity contribution in [2.24, 2.45) is 28.6 Å². The van der Waals surface area contributed by atoms with Crippen LogP contribution in [0.25, 0.3) is 0 Å². The molecule has 2 saturated heterocycles. The van der Waals surface area contributed by atoms with Crippen molar-refractivity contribution in [2.75, 3.05) is 19.8 Å². The molecular weight excluding hydrogens is 660 g/mol. The summed E-state index contributed by atoms with van der Waals surface area (Å²) in [6.07, 6.45) is -8.02. The highest BCUT2D eigenvalue weighted by Crippen LogP contribution is 2.71. The normalized spacial score (nSPS) is 55.1. The van der Waals surface area contributed by atoms with Crippen LogP contribution in [0.4, 0.5) is 0 Å². The Kier molecular flexibility index (Phi) is 9.79. The summed E-state index contributed by atoms with van der Waals surface area (Å²) in [5.41, 5.74) is -2.76. The van der Waals surface area contributed by atoms with Gasteiger partial charge in [0.2, 0.25) is 0 Å². The second-order valence-electron chi connectivity index (χ2n) is 16.5. The van der Waals surface area contributed by atoms with Gasteiger partial charge in [0.15, 0.2) is 12.6 Å². The Balaban J connectivity index is 1.00. The van der Waals surface area contributed by atoms with E-state index in [9.17, 15) is 50.8 Å². The summed E-state index contributed by atoms with van der Waals surface area (Å²) in [5, 5.41) is 97.0. The molecule has 7 aliphatic rings. The van der Waals surface area contributed by atoms with E-state index in [-0.39, 0.29) is 35.9 Å².